The Morgan fingerprint density at radius 1 is 1.58 bits per heavy atom. The Hall–Kier alpha value is -0.580. The smallest absolute Gasteiger partial charge is 0.320 e. The Kier molecular flexibility index (Phi) is 4.23. The van der Waals surface area contributed by atoms with Crippen LogP contribution in [0.4, 0.5) is 0 Å². The van der Waals surface area contributed by atoms with Crippen molar-refractivity contribution in [2.75, 3.05) is 7.11 Å². The van der Waals surface area contributed by atoms with Gasteiger partial charge >= 0.3 is 11.9 Å². The second kappa shape index (κ2) is 4.45. The zero-order valence-corrected chi connectivity index (χ0v) is 8.55. The van der Waals surface area contributed by atoms with Crippen molar-refractivity contribution in [2.24, 2.45) is 0 Å². The predicted molar refractivity (Wildman–Crippen MR) is 46.2 cm³/mol. The summed E-state index contributed by atoms with van der Waals surface area (Å²) >= 11 is 3.00. The average Bonchev–Trinajstić information content (AvgIpc) is 2.00. The van der Waals surface area contributed by atoms with Gasteiger partial charge in [-0.25, -0.2) is 0 Å². The first-order chi connectivity index (χ1) is 5.40. The molecule has 0 aliphatic heterocycles. The number of halogens is 1. The molecule has 0 spiro atoms. The minimum atomic E-state index is -1.04. The number of esters is 1. The van der Waals surface area contributed by atoms with Crippen molar-refractivity contribution in [2.45, 2.75) is 24.1 Å². The molecule has 12 heavy (non-hydrogen) atoms. The van der Waals surface area contributed by atoms with Crippen LogP contribution in [0.5, 0.6) is 0 Å². The van der Waals surface area contributed by atoms with Crippen molar-refractivity contribution in [1.82, 2.24) is 0 Å². The van der Waals surface area contributed by atoms with Crippen molar-refractivity contribution in [3.63, 3.8) is 0 Å². The van der Waals surface area contributed by atoms with E-state index in [4.69, 9.17) is 5.11 Å². The number of methoxy groups -OCH3 is 1. The zero-order valence-electron chi connectivity index (χ0n) is 6.96. The Bertz CT molecular complexity index is 188. The molecule has 0 aliphatic rings. The summed E-state index contributed by atoms with van der Waals surface area (Å²) in [6, 6.07) is 0. The molecule has 1 atom stereocenters. The lowest BCUT2D eigenvalue weighted by Gasteiger charge is -2.15. The summed E-state index contributed by atoms with van der Waals surface area (Å²) in [5, 5.41) is 8.63. The van der Waals surface area contributed by atoms with Crippen LogP contribution in [0.15, 0.2) is 0 Å². The summed E-state index contributed by atoms with van der Waals surface area (Å²) < 4.78 is 3.33. The number of carboxylic acids is 1. The molecule has 0 heterocycles. The summed E-state index contributed by atoms with van der Waals surface area (Å²) in [4.78, 5) is 21.2. The van der Waals surface area contributed by atoms with Crippen LogP contribution in [0, 0.1) is 0 Å². The minimum Gasteiger partial charge on any atom is -0.480 e. The molecule has 0 bridgehead atoms. The van der Waals surface area contributed by atoms with Crippen LogP contribution in [-0.2, 0) is 14.3 Å². The fourth-order valence-corrected chi connectivity index (χ4v) is 0.744. The molecule has 4 nitrogen and oxygen atoms in total. The SMILES string of the molecule is COC(=O)CCC(C)(Br)C(=O)O. The van der Waals surface area contributed by atoms with Crippen LogP contribution >= 0.6 is 15.9 Å². The minimum absolute atomic E-state index is 0.102. The number of carbonyl (C=O) groups excluding carboxylic acids is 1. The molecule has 0 saturated carbocycles. The largest absolute Gasteiger partial charge is 0.480 e. The topological polar surface area (TPSA) is 63.6 Å². The lowest BCUT2D eigenvalue weighted by Crippen LogP contribution is -2.28. The number of hydrogen-bond acceptors (Lipinski definition) is 3. The highest BCUT2D eigenvalue weighted by Gasteiger charge is 2.29. The second-order valence-corrected chi connectivity index (χ2v) is 4.33. The number of hydrogen-bond donors (Lipinski definition) is 1. The highest BCUT2D eigenvalue weighted by atomic mass is 79.9. The molecule has 0 amide bonds. The molecule has 0 saturated heterocycles. The highest BCUT2D eigenvalue weighted by Crippen LogP contribution is 2.23. The van der Waals surface area contributed by atoms with Gasteiger partial charge < -0.3 is 9.84 Å². The molecule has 1 N–H and O–H groups in total. The van der Waals surface area contributed by atoms with Crippen LogP contribution in [0.3, 0.4) is 0 Å². The van der Waals surface area contributed by atoms with Gasteiger partial charge in [0.15, 0.2) is 0 Å². The van der Waals surface area contributed by atoms with Gasteiger partial charge in [-0.05, 0) is 13.3 Å². The van der Waals surface area contributed by atoms with Gasteiger partial charge in [0.1, 0.15) is 4.32 Å². The van der Waals surface area contributed by atoms with Gasteiger partial charge in [0.25, 0.3) is 0 Å². The van der Waals surface area contributed by atoms with Crippen LogP contribution < -0.4 is 0 Å². The van der Waals surface area contributed by atoms with E-state index in [0.717, 1.165) is 0 Å². The second-order valence-electron chi connectivity index (χ2n) is 2.58. The van der Waals surface area contributed by atoms with E-state index in [1.54, 1.807) is 0 Å². The van der Waals surface area contributed by atoms with E-state index in [1.165, 1.54) is 14.0 Å². The lowest BCUT2D eigenvalue weighted by molar-refractivity contribution is -0.142. The number of carboxylic acid groups (broad SMARTS) is 1. The maximum atomic E-state index is 10.6. The first kappa shape index (κ1) is 11.4. The molecule has 0 aromatic carbocycles. The fraction of sp³-hybridized carbons (Fsp3) is 0.714. The van der Waals surface area contributed by atoms with Crippen LogP contribution in [0.25, 0.3) is 0 Å². The first-order valence-corrected chi connectivity index (χ1v) is 4.18. The van der Waals surface area contributed by atoms with E-state index in [2.05, 4.69) is 20.7 Å². The van der Waals surface area contributed by atoms with Gasteiger partial charge in [-0.3, -0.25) is 9.59 Å². The molecule has 0 aliphatic carbocycles. The highest BCUT2D eigenvalue weighted by molar-refractivity contribution is 9.10. The van der Waals surface area contributed by atoms with Gasteiger partial charge in [0, 0.05) is 6.42 Å². The third-order valence-corrected chi connectivity index (χ3v) is 2.21. The van der Waals surface area contributed by atoms with E-state index in [0.29, 0.717) is 0 Å². The van der Waals surface area contributed by atoms with Crippen LogP contribution in [0.2, 0.25) is 0 Å². The summed E-state index contributed by atoms with van der Waals surface area (Å²) in [5.74, 6) is -1.38. The van der Waals surface area contributed by atoms with E-state index in [-0.39, 0.29) is 12.8 Å². The Morgan fingerprint density at radius 2 is 2.08 bits per heavy atom. The van der Waals surface area contributed by atoms with E-state index < -0.39 is 16.3 Å². The van der Waals surface area contributed by atoms with Crippen molar-refractivity contribution in [3.8, 4) is 0 Å². The Balaban J connectivity index is 3.92. The molecule has 5 heteroatoms. The van der Waals surface area contributed by atoms with Gasteiger partial charge in [-0.1, -0.05) is 15.9 Å². The maximum Gasteiger partial charge on any atom is 0.320 e. The van der Waals surface area contributed by atoms with E-state index >= 15 is 0 Å². The molecule has 0 radical (unpaired) electrons. The summed E-state index contributed by atoms with van der Waals surface area (Å²) in [6.07, 6.45) is 0.319. The number of alkyl halides is 1. The number of aliphatic carboxylic acids is 1. The summed E-state index contributed by atoms with van der Waals surface area (Å²) in [7, 11) is 1.27. The molecular weight excluding hydrogens is 228 g/mol. The van der Waals surface area contributed by atoms with Gasteiger partial charge in [0.2, 0.25) is 0 Å². The quantitative estimate of drug-likeness (QED) is 0.591. The third-order valence-electron chi connectivity index (χ3n) is 1.47. The van der Waals surface area contributed by atoms with E-state index in [1.807, 2.05) is 0 Å². The van der Waals surface area contributed by atoms with Gasteiger partial charge in [0.05, 0.1) is 7.11 Å². The van der Waals surface area contributed by atoms with Gasteiger partial charge in [-0.2, -0.15) is 0 Å². The molecule has 0 fully saturated rings. The van der Waals surface area contributed by atoms with Crippen LogP contribution in [-0.4, -0.2) is 28.5 Å². The van der Waals surface area contributed by atoms with E-state index in [9.17, 15) is 9.59 Å². The molecular formula is C7H11BrO4. The molecule has 0 aromatic heterocycles. The van der Waals surface area contributed by atoms with Gasteiger partial charge in [-0.15, -0.1) is 0 Å². The molecule has 0 rings (SSSR count). The summed E-state index contributed by atoms with van der Waals surface area (Å²) in [6.45, 7) is 1.50. The number of carbonyl (C=O) groups is 2. The zero-order chi connectivity index (χ0) is 9.78. The first-order valence-electron chi connectivity index (χ1n) is 3.39. The molecule has 1 unspecified atom stereocenters. The third kappa shape index (κ3) is 3.71. The summed E-state index contributed by atoms with van der Waals surface area (Å²) in [5.41, 5.74) is 0. The predicted octanol–water partition coefficient (Wildman–Crippen LogP) is 1.18. The number of ether oxygens (including phenoxy) is 1. The Labute approximate surface area is 79.0 Å². The van der Waals surface area contributed by atoms with Crippen molar-refractivity contribution in [3.05, 3.63) is 0 Å². The van der Waals surface area contributed by atoms with Crippen molar-refractivity contribution in [1.29, 1.82) is 0 Å². The lowest BCUT2D eigenvalue weighted by atomic mass is 10.1. The van der Waals surface area contributed by atoms with Crippen LogP contribution in [0.1, 0.15) is 19.8 Å². The monoisotopic (exact) mass is 238 g/mol. The number of rotatable bonds is 4. The maximum absolute atomic E-state index is 10.6. The normalized spacial score (nSPS) is 14.9. The fourth-order valence-electron chi connectivity index (χ4n) is 0.546. The Morgan fingerprint density at radius 3 is 2.42 bits per heavy atom. The molecule has 70 valence electrons. The standard InChI is InChI=1S/C7H11BrO4/c1-7(8,6(10)11)4-3-5(9)12-2/h3-4H2,1-2H3,(H,10,11). The van der Waals surface area contributed by atoms with Crippen molar-refractivity contribution >= 4 is 27.9 Å². The van der Waals surface area contributed by atoms with Crippen molar-refractivity contribution < 1.29 is 19.4 Å². The molecule has 0 aromatic rings. The average molecular weight is 239 g/mol.